The van der Waals surface area contributed by atoms with Gasteiger partial charge in [-0.2, -0.15) is 4.98 Å². The molecule has 0 aromatic carbocycles. The highest BCUT2D eigenvalue weighted by atomic mass is 19.1. The Bertz CT molecular complexity index is 669. The number of ether oxygens (including phenoxy) is 1. The van der Waals surface area contributed by atoms with Crippen LogP contribution in [0.1, 0.15) is 13.2 Å². The zero-order valence-corrected chi connectivity index (χ0v) is 11.6. The van der Waals surface area contributed by atoms with E-state index in [-0.39, 0.29) is 5.82 Å². The maximum atomic E-state index is 15.1. The van der Waals surface area contributed by atoms with E-state index in [1.807, 2.05) is 11.8 Å². The van der Waals surface area contributed by atoms with Gasteiger partial charge in [0.1, 0.15) is 24.7 Å². The number of nitrogens with zero attached hydrogens (tertiary/aromatic N) is 2. The molecule has 1 saturated heterocycles. The second-order valence-corrected chi connectivity index (χ2v) is 4.88. The van der Waals surface area contributed by atoms with Crippen molar-refractivity contribution < 1.29 is 23.7 Å². The van der Waals surface area contributed by atoms with Gasteiger partial charge in [0.25, 0.3) is 0 Å². The summed E-state index contributed by atoms with van der Waals surface area (Å²) >= 11 is 0. The van der Waals surface area contributed by atoms with Gasteiger partial charge in [-0.25, -0.2) is 13.6 Å². The van der Waals surface area contributed by atoms with Gasteiger partial charge in [-0.3, -0.25) is 4.57 Å². The number of nitrogens with two attached hydrogens (primary N) is 1. The fourth-order valence-electron chi connectivity index (χ4n) is 2.26. The minimum absolute atomic E-state index is 0.0776. The molecular formula is C13H15F2N3O4. The van der Waals surface area contributed by atoms with Crippen molar-refractivity contribution in [1.29, 1.82) is 0 Å². The van der Waals surface area contributed by atoms with Gasteiger partial charge in [0, 0.05) is 6.20 Å². The number of alkyl halides is 2. The van der Waals surface area contributed by atoms with Gasteiger partial charge in [0.2, 0.25) is 5.67 Å². The minimum Gasteiger partial charge on any atom is -0.391 e. The van der Waals surface area contributed by atoms with Gasteiger partial charge in [-0.05, 0) is 13.0 Å². The quantitative estimate of drug-likeness (QED) is 0.613. The molecule has 1 fully saturated rings. The Morgan fingerprint density at radius 3 is 2.91 bits per heavy atom. The normalized spacial score (nSPS) is 32.3. The number of rotatable bonds is 2. The van der Waals surface area contributed by atoms with Crippen molar-refractivity contribution in [2.24, 2.45) is 0 Å². The fraction of sp³-hybridized carbons (Fsp3) is 0.538. The number of anilines is 1. The van der Waals surface area contributed by atoms with Crippen LogP contribution in [-0.2, 0) is 4.74 Å². The molecule has 2 rings (SSSR count). The largest absolute Gasteiger partial charge is 0.391 e. The van der Waals surface area contributed by atoms with Gasteiger partial charge < -0.3 is 20.7 Å². The van der Waals surface area contributed by atoms with Crippen LogP contribution in [0.15, 0.2) is 17.1 Å². The van der Waals surface area contributed by atoms with Crippen LogP contribution in [0.3, 0.4) is 0 Å². The highest BCUT2D eigenvalue weighted by Gasteiger charge is 2.59. The lowest BCUT2D eigenvalue weighted by Gasteiger charge is -2.24. The molecule has 1 unspecified atom stereocenters. The Morgan fingerprint density at radius 2 is 2.36 bits per heavy atom. The number of aliphatic hydroxyl groups excluding tert-OH is 2. The summed E-state index contributed by atoms with van der Waals surface area (Å²) < 4.78 is 33.3. The van der Waals surface area contributed by atoms with Crippen molar-refractivity contribution in [3.63, 3.8) is 0 Å². The van der Waals surface area contributed by atoms with E-state index in [0.29, 0.717) is 0 Å². The molecule has 1 aliphatic rings. The summed E-state index contributed by atoms with van der Waals surface area (Å²) in [6, 6.07) is 1.23. The van der Waals surface area contributed by atoms with Crippen LogP contribution in [0, 0.1) is 11.8 Å². The summed E-state index contributed by atoms with van der Waals surface area (Å²) in [6.45, 7) is 0.141. The molecule has 0 aliphatic carbocycles. The minimum atomic E-state index is -2.78. The molecule has 120 valence electrons. The highest BCUT2D eigenvalue weighted by Crippen LogP contribution is 2.41. The van der Waals surface area contributed by atoms with Crippen LogP contribution in [0.5, 0.6) is 0 Å². The van der Waals surface area contributed by atoms with Crippen LogP contribution < -0.4 is 11.4 Å². The van der Waals surface area contributed by atoms with E-state index in [0.717, 1.165) is 10.8 Å². The lowest BCUT2D eigenvalue weighted by Crippen LogP contribution is -2.45. The first-order chi connectivity index (χ1) is 10.3. The molecule has 0 amide bonds. The van der Waals surface area contributed by atoms with Gasteiger partial charge in [-0.1, -0.05) is 11.8 Å². The van der Waals surface area contributed by atoms with E-state index >= 15 is 4.39 Å². The molecule has 22 heavy (non-hydrogen) atoms. The van der Waals surface area contributed by atoms with Gasteiger partial charge in [0.05, 0.1) is 6.10 Å². The standard InChI is InChI=1S/C13H15F2N3O4/c1-7(19)9-10(20)13(15,4-2-5-14)11(22-9)18-6-3-8(16)17-12(18)21/h3,6-7,9-11,19-20H,5H2,1H3,(H2,16,17,21)/t7-,9+,10-,11+,13?/m0/s1. The molecule has 1 aromatic heterocycles. The molecule has 0 spiro atoms. The van der Waals surface area contributed by atoms with E-state index in [2.05, 4.69) is 4.98 Å². The first-order valence-electron chi connectivity index (χ1n) is 6.42. The Kier molecular flexibility index (Phi) is 4.46. The van der Waals surface area contributed by atoms with Crippen LogP contribution in [0.25, 0.3) is 0 Å². The Labute approximate surface area is 124 Å². The zero-order valence-electron chi connectivity index (χ0n) is 11.6. The summed E-state index contributed by atoms with van der Waals surface area (Å²) in [7, 11) is 0. The molecule has 0 radical (unpaired) electrons. The molecule has 1 aromatic rings. The predicted molar refractivity (Wildman–Crippen MR) is 72.1 cm³/mol. The topological polar surface area (TPSA) is 111 Å². The average molecular weight is 315 g/mol. The van der Waals surface area contributed by atoms with Gasteiger partial charge >= 0.3 is 5.69 Å². The van der Waals surface area contributed by atoms with Crippen molar-refractivity contribution in [2.45, 2.75) is 37.1 Å². The van der Waals surface area contributed by atoms with Crippen molar-refractivity contribution in [3.05, 3.63) is 22.7 Å². The molecule has 7 nitrogen and oxygen atoms in total. The second kappa shape index (κ2) is 6.00. The molecule has 4 N–H and O–H groups in total. The van der Waals surface area contributed by atoms with Crippen molar-refractivity contribution in [1.82, 2.24) is 9.55 Å². The summed E-state index contributed by atoms with van der Waals surface area (Å²) in [5.41, 5.74) is 1.64. The number of aromatic nitrogens is 2. The Balaban J connectivity index is 2.53. The summed E-state index contributed by atoms with van der Waals surface area (Å²) in [6.07, 6.45) is -5.02. The highest BCUT2D eigenvalue weighted by molar-refractivity contribution is 5.26. The molecule has 5 atom stereocenters. The van der Waals surface area contributed by atoms with E-state index in [1.54, 1.807) is 0 Å². The van der Waals surface area contributed by atoms with Crippen molar-refractivity contribution >= 4 is 5.82 Å². The average Bonchev–Trinajstić information content (AvgIpc) is 2.70. The zero-order chi connectivity index (χ0) is 16.5. The van der Waals surface area contributed by atoms with E-state index in [4.69, 9.17) is 10.5 Å². The Morgan fingerprint density at radius 1 is 1.68 bits per heavy atom. The third kappa shape index (κ3) is 2.68. The van der Waals surface area contributed by atoms with Crippen LogP contribution in [0.2, 0.25) is 0 Å². The lowest BCUT2D eigenvalue weighted by molar-refractivity contribution is -0.0802. The van der Waals surface area contributed by atoms with Crippen molar-refractivity contribution in [2.75, 3.05) is 12.4 Å². The van der Waals surface area contributed by atoms with Crippen LogP contribution in [0.4, 0.5) is 14.6 Å². The third-order valence-electron chi connectivity index (χ3n) is 3.31. The lowest BCUT2D eigenvalue weighted by atomic mass is 9.94. The first-order valence-corrected chi connectivity index (χ1v) is 6.42. The SMILES string of the molecule is C[C@H](O)[C@H]1O[C@@H](n2ccc(N)nc2=O)C(F)(C#CCF)[C@H]1O. The number of hydrogen-bond acceptors (Lipinski definition) is 6. The number of halogens is 2. The van der Waals surface area contributed by atoms with E-state index in [1.165, 1.54) is 13.0 Å². The third-order valence-corrected chi connectivity index (χ3v) is 3.31. The molecule has 0 bridgehead atoms. The summed E-state index contributed by atoms with van der Waals surface area (Å²) in [4.78, 5) is 15.3. The van der Waals surface area contributed by atoms with Crippen LogP contribution >= 0.6 is 0 Å². The fourth-order valence-corrected chi connectivity index (χ4v) is 2.26. The summed E-state index contributed by atoms with van der Waals surface area (Å²) in [5, 5.41) is 19.6. The molecule has 0 saturated carbocycles. The maximum Gasteiger partial charge on any atom is 0.351 e. The number of nitrogen functional groups attached to an aromatic ring is 1. The van der Waals surface area contributed by atoms with E-state index in [9.17, 15) is 19.4 Å². The molecule has 9 heteroatoms. The summed E-state index contributed by atoms with van der Waals surface area (Å²) in [5.74, 6) is 3.74. The Hall–Kier alpha value is -2.02. The monoisotopic (exact) mass is 315 g/mol. The predicted octanol–water partition coefficient (Wildman–Crippen LogP) is -0.854. The number of hydrogen-bond donors (Lipinski definition) is 3. The maximum absolute atomic E-state index is 15.1. The first kappa shape index (κ1) is 16.4. The molecule has 2 heterocycles. The van der Waals surface area contributed by atoms with Crippen LogP contribution in [-0.4, -0.2) is 50.4 Å². The number of aliphatic hydroxyl groups is 2. The molecular weight excluding hydrogens is 300 g/mol. The van der Waals surface area contributed by atoms with E-state index < -0.39 is 42.6 Å². The van der Waals surface area contributed by atoms with Gasteiger partial charge in [0.15, 0.2) is 6.23 Å². The van der Waals surface area contributed by atoms with Crippen molar-refractivity contribution in [3.8, 4) is 11.8 Å². The second-order valence-electron chi connectivity index (χ2n) is 4.88. The smallest absolute Gasteiger partial charge is 0.351 e. The van der Waals surface area contributed by atoms with Gasteiger partial charge in [-0.15, -0.1) is 0 Å². The molecule has 1 aliphatic heterocycles.